The van der Waals surface area contributed by atoms with Gasteiger partial charge >= 0.3 is 0 Å². The van der Waals surface area contributed by atoms with E-state index in [0.29, 0.717) is 35.1 Å². The molecule has 27 heavy (non-hydrogen) atoms. The summed E-state index contributed by atoms with van der Waals surface area (Å²) < 4.78 is 6.81. The summed E-state index contributed by atoms with van der Waals surface area (Å²) >= 11 is 0. The maximum atomic E-state index is 12.8. The molecule has 0 aromatic heterocycles. The van der Waals surface area contributed by atoms with E-state index >= 15 is 0 Å². The van der Waals surface area contributed by atoms with Crippen LogP contribution >= 0.6 is 0 Å². The Morgan fingerprint density at radius 1 is 1.00 bits per heavy atom. The summed E-state index contributed by atoms with van der Waals surface area (Å²) in [6, 6.07) is 9.67. The highest BCUT2D eigenvalue weighted by atomic mass is 16.5. The number of fused-ring (bicyclic) bond motifs is 2. The average molecular weight is 369 g/mol. The zero-order valence-corrected chi connectivity index (χ0v) is 17.2. The number of ether oxygens (including phenoxy) is 1. The van der Waals surface area contributed by atoms with Crippen LogP contribution in [0.2, 0.25) is 0 Å². The Balaban J connectivity index is 1.33. The zero-order valence-electron chi connectivity index (χ0n) is 17.2. The van der Waals surface area contributed by atoms with Crippen molar-refractivity contribution < 1.29 is 9.53 Å². The minimum absolute atomic E-state index is 0.0697. The zero-order chi connectivity index (χ0) is 19.1. The molecule has 2 aliphatic carbocycles. The van der Waals surface area contributed by atoms with Gasteiger partial charge in [-0.3, -0.25) is 14.6 Å². The maximum Gasteiger partial charge on any atom is 0.176 e. The Labute approximate surface area is 162 Å². The molecule has 6 atom stereocenters. The van der Waals surface area contributed by atoms with E-state index in [9.17, 15) is 4.79 Å². The lowest BCUT2D eigenvalue weighted by molar-refractivity contribution is -0.152. The number of carbonyl (C=O) groups is 1. The molecule has 2 aliphatic heterocycles. The maximum absolute atomic E-state index is 12.8. The average Bonchev–Trinajstić information content (AvgIpc) is 3.14. The van der Waals surface area contributed by atoms with Crippen molar-refractivity contribution in [2.75, 3.05) is 26.7 Å². The standard InChI is InChI=1S/C23H32N2O2/c1-22(2)15-11-24(5)20(18(15)22)27-21-19-16(23(19,3)4)12-25(21)13-17(26)14-9-7-6-8-10-14/h6-10,15-16,18-21H,11-13H2,1-5H3/t15-,16+,18-,19+,20?,21?/m1/s1. The SMILES string of the molecule is CN1C[C@@H]2[C@H](C1OC1[C@@H]3[C@H](CN1CC(=O)c1ccccc1)C3(C)C)C2(C)C. The number of Topliss-reactive ketones (excluding diaryl/α,β-unsaturated/α-hetero) is 1. The fraction of sp³-hybridized carbons (Fsp3) is 0.696. The molecule has 4 heteroatoms. The molecule has 2 unspecified atom stereocenters. The monoisotopic (exact) mass is 368 g/mol. The van der Waals surface area contributed by atoms with Gasteiger partial charge in [-0.15, -0.1) is 0 Å². The summed E-state index contributed by atoms with van der Waals surface area (Å²) in [6.07, 6.45) is 0.264. The van der Waals surface area contributed by atoms with Gasteiger partial charge in [-0.2, -0.15) is 0 Å². The van der Waals surface area contributed by atoms with Gasteiger partial charge in [0.2, 0.25) is 0 Å². The lowest BCUT2D eigenvalue weighted by Gasteiger charge is -2.36. The van der Waals surface area contributed by atoms with Crippen LogP contribution in [0.3, 0.4) is 0 Å². The van der Waals surface area contributed by atoms with Crippen LogP contribution in [-0.2, 0) is 4.74 Å². The van der Waals surface area contributed by atoms with Gasteiger partial charge in [0, 0.05) is 30.5 Å². The molecule has 4 nitrogen and oxygen atoms in total. The molecule has 1 aromatic rings. The third-order valence-corrected chi connectivity index (χ3v) is 8.32. The van der Waals surface area contributed by atoms with Crippen LogP contribution in [0.25, 0.3) is 0 Å². The highest BCUT2D eigenvalue weighted by Gasteiger charge is 2.71. The van der Waals surface area contributed by atoms with Gasteiger partial charge in [0.1, 0.15) is 12.5 Å². The second-order valence-corrected chi connectivity index (χ2v) is 10.5. The fourth-order valence-electron chi connectivity index (χ4n) is 6.23. The molecule has 0 bridgehead atoms. The molecular formula is C23H32N2O2. The molecule has 2 saturated carbocycles. The van der Waals surface area contributed by atoms with Crippen LogP contribution in [0.15, 0.2) is 30.3 Å². The highest BCUT2D eigenvalue weighted by Crippen LogP contribution is 2.68. The summed E-state index contributed by atoms with van der Waals surface area (Å²) in [7, 11) is 2.19. The van der Waals surface area contributed by atoms with E-state index in [1.165, 1.54) is 0 Å². The van der Waals surface area contributed by atoms with Crippen molar-refractivity contribution in [1.82, 2.24) is 9.80 Å². The van der Waals surface area contributed by atoms with Crippen molar-refractivity contribution in [2.24, 2.45) is 34.5 Å². The fourth-order valence-corrected chi connectivity index (χ4v) is 6.23. The Morgan fingerprint density at radius 3 is 2.22 bits per heavy atom. The lowest BCUT2D eigenvalue weighted by Crippen LogP contribution is -2.46. The molecule has 4 aliphatic rings. The number of carbonyl (C=O) groups excluding carboxylic acids is 1. The van der Waals surface area contributed by atoms with Crippen LogP contribution in [0.4, 0.5) is 0 Å². The number of nitrogens with zero attached hydrogens (tertiary/aromatic N) is 2. The van der Waals surface area contributed by atoms with E-state index in [0.717, 1.165) is 24.6 Å². The summed E-state index contributed by atoms with van der Waals surface area (Å²) in [4.78, 5) is 17.5. The number of benzene rings is 1. The van der Waals surface area contributed by atoms with E-state index in [1.54, 1.807) is 0 Å². The normalized spacial score (nSPS) is 41.2. The van der Waals surface area contributed by atoms with Crippen LogP contribution in [-0.4, -0.2) is 54.7 Å². The Bertz CT molecular complexity index is 759. The first-order valence-corrected chi connectivity index (χ1v) is 10.4. The van der Waals surface area contributed by atoms with Gasteiger partial charge in [0.25, 0.3) is 0 Å². The predicted molar refractivity (Wildman–Crippen MR) is 105 cm³/mol. The second-order valence-electron chi connectivity index (χ2n) is 10.5. The Kier molecular flexibility index (Phi) is 3.73. The number of rotatable bonds is 5. The van der Waals surface area contributed by atoms with E-state index in [1.807, 2.05) is 30.3 Å². The summed E-state index contributed by atoms with van der Waals surface area (Å²) in [5.74, 6) is 2.80. The number of piperidine rings is 2. The topological polar surface area (TPSA) is 32.8 Å². The van der Waals surface area contributed by atoms with Gasteiger partial charge in [0.05, 0.1) is 6.54 Å². The first kappa shape index (κ1) is 17.8. The van der Waals surface area contributed by atoms with E-state index in [-0.39, 0.29) is 18.2 Å². The third kappa shape index (κ3) is 2.56. The van der Waals surface area contributed by atoms with E-state index in [2.05, 4.69) is 44.5 Å². The van der Waals surface area contributed by atoms with E-state index in [4.69, 9.17) is 4.74 Å². The van der Waals surface area contributed by atoms with Crippen molar-refractivity contribution >= 4 is 5.78 Å². The third-order valence-electron chi connectivity index (χ3n) is 8.32. The lowest BCUT2D eigenvalue weighted by atomic mass is 10.0. The molecule has 0 spiro atoms. The van der Waals surface area contributed by atoms with Crippen LogP contribution in [0.5, 0.6) is 0 Å². The van der Waals surface area contributed by atoms with Crippen LogP contribution < -0.4 is 0 Å². The largest absolute Gasteiger partial charge is 0.344 e. The summed E-state index contributed by atoms with van der Waals surface area (Å²) in [5, 5.41) is 0. The summed E-state index contributed by atoms with van der Waals surface area (Å²) in [5.41, 5.74) is 1.54. The van der Waals surface area contributed by atoms with Gasteiger partial charge in [0.15, 0.2) is 5.78 Å². The van der Waals surface area contributed by atoms with Crippen molar-refractivity contribution in [3.05, 3.63) is 35.9 Å². The minimum atomic E-state index is 0.0697. The highest BCUT2D eigenvalue weighted by molar-refractivity contribution is 5.97. The van der Waals surface area contributed by atoms with Gasteiger partial charge < -0.3 is 4.74 Å². The summed E-state index contributed by atoms with van der Waals surface area (Å²) in [6.45, 7) is 12.0. The van der Waals surface area contributed by atoms with Crippen LogP contribution in [0, 0.1) is 34.5 Å². The molecule has 0 N–H and O–H groups in total. The molecule has 146 valence electrons. The van der Waals surface area contributed by atoms with Gasteiger partial charge in [-0.05, 0) is 29.7 Å². The quantitative estimate of drug-likeness (QED) is 0.746. The number of hydrogen-bond donors (Lipinski definition) is 0. The molecule has 1 aromatic carbocycles. The Morgan fingerprint density at radius 2 is 1.59 bits per heavy atom. The van der Waals surface area contributed by atoms with Crippen LogP contribution in [0.1, 0.15) is 38.1 Å². The van der Waals surface area contributed by atoms with Gasteiger partial charge in [-0.25, -0.2) is 0 Å². The van der Waals surface area contributed by atoms with E-state index < -0.39 is 0 Å². The molecule has 0 amide bonds. The first-order chi connectivity index (χ1) is 12.7. The first-order valence-electron chi connectivity index (χ1n) is 10.4. The molecule has 4 fully saturated rings. The van der Waals surface area contributed by atoms with Crippen molar-refractivity contribution in [3.63, 3.8) is 0 Å². The number of ketones is 1. The van der Waals surface area contributed by atoms with Crippen molar-refractivity contribution in [3.8, 4) is 0 Å². The molecule has 0 radical (unpaired) electrons. The molecule has 2 heterocycles. The molecule has 5 rings (SSSR count). The van der Waals surface area contributed by atoms with Crippen molar-refractivity contribution in [1.29, 1.82) is 0 Å². The van der Waals surface area contributed by atoms with Crippen molar-refractivity contribution in [2.45, 2.75) is 40.2 Å². The Hall–Kier alpha value is -1.23. The second kappa shape index (κ2) is 5.65. The predicted octanol–water partition coefficient (Wildman–Crippen LogP) is 3.34. The molecule has 2 saturated heterocycles. The minimum Gasteiger partial charge on any atom is -0.344 e. The number of hydrogen-bond acceptors (Lipinski definition) is 4. The number of likely N-dealkylation sites (tertiary alicyclic amines) is 2. The van der Waals surface area contributed by atoms with Gasteiger partial charge in [-0.1, -0.05) is 58.0 Å². The molecular weight excluding hydrogens is 336 g/mol. The smallest absolute Gasteiger partial charge is 0.176 e.